The van der Waals surface area contributed by atoms with Gasteiger partial charge in [-0.05, 0) is 52.2 Å². The molecule has 0 radical (unpaired) electrons. The zero-order valence-corrected chi connectivity index (χ0v) is 22.6. The molecule has 3 aromatic carbocycles. The summed E-state index contributed by atoms with van der Waals surface area (Å²) in [5, 5.41) is 9.82. The lowest BCUT2D eigenvalue weighted by atomic mass is 10.0. The molecule has 3 N–H and O–H groups in total. The highest BCUT2D eigenvalue weighted by atomic mass is 16.2. The maximum absolute atomic E-state index is 13.8. The summed E-state index contributed by atoms with van der Waals surface area (Å²) in [6.45, 7) is 4.97. The van der Waals surface area contributed by atoms with Crippen LogP contribution < -0.4 is 11.3 Å². The maximum Gasteiger partial charge on any atom is 0.277 e. The first-order valence-corrected chi connectivity index (χ1v) is 12.9. The number of amidine groups is 1. The Balaban J connectivity index is 1.57. The van der Waals surface area contributed by atoms with Gasteiger partial charge in [-0.3, -0.25) is 15.0 Å². The number of rotatable bonds is 7. The van der Waals surface area contributed by atoms with E-state index in [9.17, 15) is 9.59 Å². The highest BCUT2D eigenvalue weighted by molar-refractivity contribution is 5.99. The topological polar surface area (TPSA) is 110 Å². The average molecular weight is 521 g/mol. The van der Waals surface area contributed by atoms with E-state index < -0.39 is 0 Å². The Labute approximate surface area is 226 Å². The Kier molecular flexibility index (Phi) is 6.78. The van der Waals surface area contributed by atoms with Gasteiger partial charge >= 0.3 is 0 Å². The van der Waals surface area contributed by atoms with Crippen molar-refractivity contribution in [3.63, 3.8) is 0 Å². The number of hydrogen-bond donors (Lipinski definition) is 2. The van der Waals surface area contributed by atoms with E-state index in [0.717, 1.165) is 27.7 Å². The zero-order chi connectivity index (χ0) is 27.8. The number of fused-ring (bicyclic) bond motifs is 2. The second-order valence-corrected chi connectivity index (χ2v) is 10.4. The van der Waals surface area contributed by atoms with Gasteiger partial charge in [0.1, 0.15) is 17.2 Å². The van der Waals surface area contributed by atoms with Crippen LogP contribution in [0.3, 0.4) is 0 Å². The molecule has 2 aromatic heterocycles. The number of amides is 1. The molecule has 0 aliphatic heterocycles. The molecule has 5 aromatic rings. The molecule has 0 saturated heterocycles. The highest BCUT2D eigenvalue weighted by Gasteiger charge is 2.18. The second kappa shape index (κ2) is 10.2. The van der Waals surface area contributed by atoms with Crippen LogP contribution in [0.4, 0.5) is 0 Å². The second-order valence-electron chi connectivity index (χ2n) is 10.4. The van der Waals surface area contributed by atoms with Gasteiger partial charge in [-0.25, -0.2) is 4.98 Å². The summed E-state index contributed by atoms with van der Waals surface area (Å²) in [6.07, 6.45) is 1.77. The van der Waals surface area contributed by atoms with Crippen molar-refractivity contribution in [1.29, 1.82) is 5.41 Å². The number of nitrogen functional groups attached to an aromatic ring is 1. The summed E-state index contributed by atoms with van der Waals surface area (Å²) in [4.78, 5) is 32.6. The molecule has 0 unspecified atom stereocenters. The van der Waals surface area contributed by atoms with Crippen molar-refractivity contribution >= 4 is 33.5 Å². The van der Waals surface area contributed by atoms with E-state index in [-0.39, 0.29) is 23.2 Å². The van der Waals surface area contributed by atoms with Crippen molar-refractivity contribution in [1.82, 2.24) is 19.0 Å². The summed E-state index contributed by atoms with van der Waals surface area (Å²) in [5.41, 5.74) is 9.95. The molecular weight excluding hydrogens is 488 g/mol. The summed E-state index contributed by atoms with van der Waals surface area (Å²) >= 11 is 0. The fourth-order valence-corrected chi connectivity index (χ4v) is 4.92. The first-order valence-electron chi connectivity index (χ1n) is 12.9. The third kappa shape index (κ3) is 5.05. The van der Waals surface area contributed by atoms with E-state index in [0.29, 0.717) is 35.2 Å². The lowest BCUT2D eigenvalue weighted by Gasteiger charge is -2.14. The van der Waals surface area contributed by atoms with Crippen molar-refractivity contribution in [2.24, 2.45) is 5.73 Å². The lowest BCUT2D eigenvalue weighted by Crippen LogP contribution is -2.24. The predicted octanol–water partition coefficient (Wildman–Crippen LogP) is 4.56. The van der Waals surface area contributed by atoms with Crippen molar-refractivity contribution in [2.75, 3.05) is 14.1 Å². The minimum absolute atomic E-state index is 0.0298. The lowest BCUT2D eigenvalue weighted by molar-refractivity contribution is 0.0827. The normalized spacial score (nSPS) is 11.4. The number of hydrogen-bond acceptors (Lipinski definition) is 4. The molecule has 39 heavy (non-hydrogen) atoms. The number of pyridine rings is 1. The van der Waals surface area contributed by atoms with E-state index in [1.165, 1.54) is 4.90 Å². The molecule has 2 heterocycles. The molecule has 0 fully saturated rings. The van der Waals surface area contributed by atoms with Gasteiger partial charge in [0.05, 0.1) is 12.1 Å². The molecular formula is C31H32N6O2. The number of aromatic nitrogens is 3. The van der Waals surface area contributed by atoms with E-state index >= 15 is 0 Å². The summed E-state index contributed by atoms with van der Waals surface area (Å²) in [7, 11) is 3.44. The van der Waals surface area contributed by atoms with Crippen molar-refractivity contribution < 1.29 is 4.79 Å². The number of nitrogens with one attached hydrogen (secondary N) is 1. The maximum atomic E-state index is 13.8. The minimum atomic E-state index is -0.129. The largest absolute Gasteiger partial charge is 0.384 e. The smallest absolute Gasteiger partial charge is 0.277 e. The molecule has 0 aliphatic carbocycles. The van der Waals surface area contributed by atoms with Crippen molar-refractivity contribution in [3.8, 4) is 0 Å². The Morgan fingerprint density at radius 1 is 0.949 bits per heavy atom. The molecule has 0 atom stereocenters. The summed E-state index contributed by atoms with van der Waals surface area (Å²) in [6, 6.07) is 21.2. The number of nitrogens with two attached hydrogens (primary N) is 1. The number of imidazole rings is 1. The van der Waals surface area contributed by atoms with E-state index in [2.05, 4.69) is 26.0 Å². The third-order valence-corrected chi connectivity index (χ3v) is 6.91. The monoisotopic (exact) mass is 520 g/mol. The highest BCUT2D eigenvalue weighted by Crippen LogP contribution is 2.24. The molecule has 0 saturated carbocycles. The van der Waals surface area contributed by atoms with Gasteiger partial charge in [0.15, 0.2) is 0 Å². The zero-order valence-electron chi connectivity index (χ0n) is 22.6. The quantitative estimate of drug-likeness (QED) is 0.242. The van der Waals surface area contributed by atoms with Gasteiger partial charge in [0.2, 0.25) is 0 Å². The first kappa shape index (κ1) is 25.9. The molecule has 8 heteroatoms. The van der Waals surface area contributed by atoms with Crippen LogP contribution in [0.25, 0.3) is 21.8 Å². The van der Waals surface area contributed by atoms with Gasteiger partial charge < -0.3 is 19.8 Å². The molecule has 0 bridgehead atoms. The van der Waals surface area contributed by atoms with Crippen LogP contribution in [0, 0.1) is 5.41 Å². The van der Waals surface area contributed by atoms with Gasteiger partial charge in [0, 0.05) is 43.9 Å². The summed E-state index contributed by atoms with van der Waals surface area (Å²) < 4.78 is 3.68. The number of nitrogens with zero attached hydrogens (tertiary/aromatic N) is 4. The molecule has 8 nitrogen and oxygen atoms in total. The molecule has 0 aliphatic rings. The van der Waals surface area contributed by atoms with Crippen LogP contribution >= 0.6 is 0 Å². The van der Waals surface area contributed by atoms with Gasteiger partial charge in [-0.2, -0.15) is 0 Å². The number of carbonyl (C=O) groups is 1. The van der Waals surface area contributed by atoms with Crippen molar-refractivity contribution in [3.05, 3.63) is 111 Å². The van der Waals surface area contributed by atoms with Crippen LogP contribution in [0.5, 0.6) is 0 Å². The minimum Gasteiger partial charge on any atom is -0.384 e. The SMILES string of the molecule is CC(C)c1nc2ccn(Cc3cccc(C(=O)N(C)C)c3)c(=O)c2n1Cc1ccc2ccc(C(=N)N)cc2c1. The van der Waals surface area contributed by atoms with Gasteiger partial charge in [-0.1, -0.05) is 50.2 Å². The van der Waals surface area contributed by atoms with E-state index in [1.54, 1.807) is 30.9 Å². The Morgan fingerprint density at radius 3 is 2.41 bits per heavy atom. The molecule has 5 rings (SSSR count). The molecule has 0 spiro atoms. The van der Waals surface area contributed by atoms with Crippen molar-refractivity contribution in [2.45, 2.75) is 32.9 Å². The van der Waals surface area contributed by atoms with E-state index in [1.807, 2.05) is 53.1 Å². The fourth-order valence-electron chi connectivity index (χ4n) is 4.92. The molecule has 1 amide bonds. The summed E-state index contributed by atoms with van der Waals surface area (Å²) in [5.74, 6) is 0.909. The van der Waals surface area contributed by atoms with Crippen LogP contribution in [0.2, 0.25) is 0 Å². The van der Waals surface area contributed by atoms with Crippen LogP contribution in [0.15, 0.2) is 77.7 Å². The van der Waals surface area contributed by atoms with Gasteiger partial charge in [0.25, 0.3) is 11.5 Å². The number of benzene rings is 3. The fraction of sp³-hybridized carbons (Fsp3) is 0.226. The Hall–Kier alpha value is -4.72. The Morgan fingerprint density at radius 2 is 1.69 bits per heavy atom. The predicted molar refractivity (Wildman–Crippen MR) is 156 cm³/mol. The standard InChI is InChI=1S/C31H32N6O2/c1-19(2)29-34-26-12-13-36(17-20-6-5-7-24(14-20)30(38)35(3)4)31(39)27(26)37(29)18-21-8-9-22-10-11-23(28(32)33)16-25(22)15-21/h5-16,19H,17-18H2,1-4H3,(H3,32,33). The van der Waals surface area contributed by atoms with Crippen LogP contribution in [-0.4, -0.2) is 44.9 Å². The average Bonchev–Trinajstić information content (AvgIpc) is 3.28. The Bertz CT molecular complexity index is 1790. The van der Waals surface area contributed by atoms with E-state index in [4.69, 9.17) is 16.1 Å². The van der Waals surface area contributed by atoms with Gasteiger partial charge in [-0.15, -0.1) is 0 Å². The van der Waals surface area contributed by atoms with Crippen LogP contribution in [0.1, 0.15) is 52.6 Å². The molecule has 198 valence electrons. The van der Waals surface area contributed by atoms with Crippen LogP contribution in [-0.2, 0) is 13.1 Å². The third-order valence-electron chi connectivity index (χ3n) is 6.91. The number of carbonyl (C=O) groups excluding carboxylic acids is 1. The first-order chi connectivity index (χ1) is 18.6.